The Morgan fingerprint density at radius 1 is 0.929 bits per heavy atom. The van der Waals surface area contributed by atoms with Crippen LogP contribution in [0.3, 0.4) is 0 Å². The molecule has 1 heterocycles. The molecule has 0 fully saturated rings. The van der Waals surface area contributed by atoms with Gasteiger partial charge < -0.3 is 18.9 Å². The highest BCUT2D eigenvalue weighted by atomic mass is 16.6. The third kappa shape index (κ3) is 4.17. The number of carbonyl (C=O) groups excluding carboxylic acids is 1. The summed E-state index contributed by atoms with van der Waals surface area (Å²) in [6.07, 6.45) is 1.70. The van der Waals surface area contributed by atoms with Gasteiger partial charge in [-0.2, -0.15) is 0 Å². The molecule has 0 aliphatic rings. The number of rotatable bonds is 5. The van der Waals surface area contributed by atoms with Crippen molar-refractivity contribution in [2.75, 3.05) is 14.2 Å². The van der Waals surface area contributed by atoms with Crippen molar-refractivity contribution >= 4 is 16.9 Å². The van der Waals surface area contributed by atoms with Crippen molar-refractivity contribution in [3.05, 3.63) is 54.2 Å². The van der Waals surface area contributed by atoms with E-state index in [9.17, 15) is 4.79 Å². The number of carbonyl (C=O) groups is 1. The first kappa shape index (κ1) is 19.5. The number of pyridine rings is 1. The molecule has 0 aliphatic carbocycles. The number of nitrogens with zero attached hydrogens (tertiary/aromatic N) is 1. The van der Waals surface area contributed by atoms with Gasteiger partial charge in [-0.25, -0.2) is 4.79 Å². The van der Waals surface area contributed by atoms with E-state index in [1.807, 2.05) is 51.1 Å². The van der Waals surface area contributed by atoms with E-state index in [0.717, 1.165) is 5.39 Å². The van der Waals surface area contributed by atoms with Crippen molar-refractivity contribution in [1.29, 1.82) is 0 Å². The van der Waals surface area contributed by atoms with Gasteiger partial charge >= 0.3 is 5.97 Å². The lowest BCUT2D eigenvalue weighted by molar-refractivity contribution is 0.00688. The summed E-state index contributed by atoms with van der Waals surface area (Å²) in [7, 11) is 3.00. The number of ether oxygens (including phenoxy) is 4. The smallest absolute Gasteiger partial charge is 0.338 e. The second-order valence-electron chi connectivity index (χ2n) is 7.15. The summed E-state index contributed by atoms with van der Waals surface area (Å²) in [6, 6.07) is 12.6. The summed E-state index contributed by atoms with van der Waals surface area (Å²) in [6.45, 7) is 5.43. The molecule has 3 aromatic rings. The highest BCUT2D eigenvalue weighted by molar-refractivity contribution is 5.91. The van der Waals surface area contributed by atoms with Crippen LogP contribution in [0.2, 0.25) is 0 Å². The molecule has 0 radical (unpaired) electrons. The summed E-state index contributed by atoms with van der Waals surface area (Å²) in [5.41, 5.74) is 0.416. The third-order valence-electron chi connectivity index (χ3n) is 3.90. The van der Waals surface area contributed by atoms with E-state index in [1.165, 1.54) is 14.2 Å². The van der Waals surface area contributed by atoms with Gasteiger partial charge in [0.1, 0.15) is 11.1 Å². The lowest BCUT2D eigenvalue weighted by Crippen LogP contribution is -2.24. The maximum Gasteiger partial charge on any atom is 0.338 e. The molecule has 6 heteroatoms. The summed E-state index contributed by atoms with van der Waals surface area (Å²) in [5.74, 6) is 1.15. The quantitative estimate of drug-likeness (QED) is 0.580. The minimum absolute atomic E-state index is 0.312. The number of esters is 1. The highest BCUT2D eigenvalue weighted by Crippen LogP contribution is 2.42. The summed E-state index contributed by atoms with van der Waals surface area (Å²) < 4.78 is 22.5. The zero-order chi connectivity index (χ0) is 20.3. The largest absolute Gasteiger partial charge is 0.493 e. The van der Waals surface area contributed by atoms with Crippen LogP contribution in [0.15, 0.2) is 48.7 Å². The summed E-state index contributed by atoms with van der Waals surface area (Å²) in [4.78, 5) is 16.9. The maximum absolute atomic E-state index is 12.5. The van der Waals surface area contributed by atoms with Crippen molar-refractivity contribution in [2.45, 2.75) is 26.4 Å². The Morgan fingerprint density at radius 2 is 1.57 bits per heavy atom. The standard InChI is InChI=1S/C22H23NO5/c1-22(2,3)28-21(24)15-12-17(25-4)20(18(13-15)26-5)27-16-10-6-8-14-9-7-11-23-19(14)16/h6-13H,1-5H3. The molecule has 3 rings (SSSR count). The van der Waals surface area contributed by atoms with Crippen LogP contribution in [0.1, 0.15) is 31.1 Å². The number of hydrogen-bond acceptors (Lipinski definition) is 6. The number of methoxy groups -OCH3 is 2. The molecule has 2 aromatic carbocycles. The molecule has 0 N–H and O–H groups in total. The van der Waals surface area contributed by atoms with E-state index >= 15 is 0 Å². The average Bonchev–Trinajstić information content (AvgIpc) is 2.66. The minimum Gasteiger partial charge on any atom is -0.493 e. The molecule has 0 amide bonds. The first-order valence-electron chi connectivity index (χ1n) is 8.83. The monoisotopic (exact) mass is 381 g/mol. The summed E-state index contributed by atoms with van der Waals surface area (Å²) in [5, 5.41) is 0.948. The Morgan fingerprint density at radius 3 is 2.18 bits per heavy atom. The Labute approximate surface area is 164 Å². The summed E-state index contributed by atoms with van der Waals surface area (Å²) >= 11 is 0. The van der Waals surface area contributed by atoms with Gasteiger partial charge in [0.25, 0.3) is 0 Å². The Bertz CT molecular complexity index is 977. The number of fused-ring (bicyclic) bond motifs is 1. The third-order valence-corrected chi connectivity index (χ3v) is 3.90. The number of para-hydroxylation sites is 1. The molecular formula is C22H23NO5. The van der Waals surface area contributed by atoms with Crippen LogP contribution in [-0.2, 0) is 4.74 Å². The lowest BCUT2D eigenvalue weighted by Gasteiger charge is -2.21. The van der Waals surface area contributed by atoms with Crippen LogP contribution in [0.5, 0.6) is 23.0 Å². The second-order valence-corrected chi connectivity index (χ2v) is 7.15. The van der Waals surface area contributed by atoms with Crippen LogP contribution >= 0.6 is 0 Å². The van der Waals surface area contributed by atoms with Gasteiger partial charge in [-0.3, -0.25) is 4.98 Å². The Kier molecular flexibility index (Phi) is 5.40. The molecule has 0 aliphatic heterocycles. The molecule has 0 atom stereocenters. The van der Waals surface area contributed by atoms with E-state index in [-0.39, 0.29) is 0 Å². The first-order chi connectivity index (χ1) is 13.3. The first-order valence-corrected chi connectivity index (χ1v) is 8.83. The van der Waals surface area contributed by atoms with Crippen molar-refractivity contribution < 1.29 is 23.7 Å². The molecule has 146 valence electrons. The SMILES string of the molecule is COc1cc(C(=O)OC(C)(C)C)cc(OC)c1Oc1cccc2cccnc12. The van der Waals surface area contributed by atoms with Gasteiger partial charge in [-0.15, -0.1) is 0 Å². The van der Waals surface area contributed by atoms with E-state index in [2.05, 4.69) is 4.98 Å². The highest BCUT2D eigenvalue weighted by Gasteiger charge is 2.23. The number of aromatic nitrogens is 1. The van der Waals surface area contributed by atoms with Gasteiger partial charge in [-0.1, -0.05) is 18.2 Å². The minimum atomic E-state index is -0.610. The van der Waals surface area contributed by atoms with Crippen LogP contribution < -0.4 is 14.2 Å². The predicted molar refractivity (Wildman–Crippen MR) is 107 cm³/mol. The molecule has 1 aromatic heterocycles. The fourth-order valence-corrected chi connectivity index (χ4v) is 2.70. The Balaban J connectivity index is 2.04. The molecular weight excluding hydrogens is 358 g/mol. The molecule has 0 saturated carbocycles. The van der Waals surface area contributed by atoms with Gasteiger partial charge in [0.15, 0.2) is 17.2 Å². The van der Waals surface area contributed by atoms with Crippen LogP contribution in [-0.4, -0.2) is 30.8 Å². The second kappa shape index (κ2) is 7.76. The van der Waals surface area contributed by atoms with E-state index < -0.39 is 11.6 Å². The number of benzene rings is 2. The molecule has 0 bridgehead atoms. The van der Waals surface area contributed by atoms with Crippen molar-refractivity contribution in [2.24, 2.45) is 0 Å². The predicted octanol–water partition coefficient (Wildman–Crippen LogP) is 5.00. The number of hydrogen-bond donors (Lipinski definition) is 0. The van der Waals surface area contributed by atoms with Crippen LogP contribution in [0.4, 0.5) is 0 Å². The van der Waals surface area contributed by atoms with E-state index in [1.54, 1.807) is 18.3 Å². The fraction of sp³-hybridized carbons (Fsp3) is 0.273. The molecule has 28 heavy (non-hydrogen) atoms. The van der Waals surface area contributed by atoms with Gasteiger partial charge in [0.2, 0.25) is 5.75 Å². The average molecular weight is 381 g/mol. The van der Waals surface area contributed by atoms with Crippen molar-refractivity contribution in [3.8, 4) is 23.0 Å². The van der Waals surface area contributed by atoms with E-state index in [4.69, 9.17) is 18.9 Å². The van der Waals surface area contributed by atoms with E-state index in [0.29, 0.717) is 34.1 Å². The van der Waals surface area contributed by atoms with Crippen molar-refractivity contribution in [3.63, 3.8) is 0 Å². The van der Waals surface area contributed by atoms with Gasteiger partial charge in [-0.05, 0) is 45.0 Å². The zero-order valence-electron chi connectivity index (χ0n) is 16.6. The van der Waals surface area contributed by atoms with Crippen molar-refractivity contribution in [1.82, 2.24) is 4.98 Å². The molecule has 0 saturated heterocycles. The van der Waals surface area contributed by atoms with Crippen LogP contribution in [0.25, 0.3) is 10.9 Å². The molecule has 0 unspecified atom stereocenters. The molecule has 6 nitrogen and oxygen atoms in total. The lowest BCUT2D eigenvalue weighted by atomic mass is 10.1. The fourth-order valence-electron chi connectivity index (χ4n) is 2.70. The molecule has 0 spiro atoms. The zero-order valence-corrected chi connectivity index (χ0v) is 16.6. The maximum atomic E-state index is 12.5. The Hall–Kier alpha value is -3.28. The van der Waals surface area contributed by atoms with Crippen LogP contribution in [0, 0.1) is 0 Å². The van der Waals surface area contributed by atoms with Gasteiger partial charge in [0.05, 0.1) is 19.8 Å². The topological polar surface area (TPSA) is 66.9 Å². The van der Waals surface area contributed by atoms with Gasteiger partial charge in [0, 0.05) is 11.6 Å². The normalized spacial score (nSPS) is 11.2.